The molecule has 22 heavy (non-hydrogen) atoms. The number of likely N-dealkylation sites (tertiary alicyclic amines) is 1. The number of hydrogen-bond acceptors (Lipinski definition) is 4. The zero-order valence-corrected chi connectivity index (χ0v) is 13.6. The van der Waals surface area contributed by atoms with Gasteiger partial charge in [0.2, 0.25) is 0 Å². The number of carbonyl (C=O) groups excluding carboxylic acids is 1. The third-order valence-electron chi connectivity index (χ3n) is 3.41. The Labute approximate surface area is 132 Å². The van der Waals surface area contributed by atoms with E-state index in [1.807, 2.05) is 20.8 Å². The maximum absolute atomic E-state index is 12.0. The molecule has 0 aromatic carbocycles. The first-order valence-electron chi connectivity index (χ1n) is 7.16. The van der Waals surface area contributed by atoms with Crippen LogP contribution in [0.25, 0.3) is 0 Å². The third kappa shape index (κ3) is 3.91. The van der Waals surface area contributed by atoms with Gasteiger partial charge in [-0.1, -0.05) is 11.6 Å². The Kier molecular flexibility index (Phi) is 4.65. The Hall–Kier alpha value is -1.76. The van der Waals surface area contributed by atoms with Crippen LogP contribution in [-0.4, -0.2) is 39.2 Å². The molecule has 1 aromatic heterocycles. The Morgan fingerprint density at radius 2 is 1.91 bits per heavy atom. The summed E-state index contributed by atoms with van der Waals surface area (Å²) in [5.74, 6) is 0. The predicted molar refractivity (Wildman–Crippen MR) is 82.4 cm³/mol. The van der Waals surface area contributed by atoms with Crippen molar-refractivity contribution in [1.29, 1.82) is 0 Å². The lowest BCUT2D eigenvalue weighted by molar-refractivity contribution is 0.0186. The molecule has 0 spiro atoms. The molecule has 0 atom stereocenters. The zero-order valence-electron chi connectivity index (χ0n) is 12.9. The molecule has 1 aliphatic rings. The molecule has 2 heterocycles. The lowest BCUT2D eigenvalue weighted by Crippen LogP contribution is -2.46. The quantitative estimate of drug-likeness (QED) is 0.796. The van der Waals surface area contributed by atoms with Crippen molar-refractivity contribution in [3.63, 3.8) is 0 Å². The normalized spacial score (nSPS) is 16.6. The molecule has 0 aliphatic carbocycles. The van der Waals surface area contributed by atoms with Gasteiger partial charge < -0.3 is 9.64 Å². The number of nitrogens with one attached hydrogen (secondary N) is 1. The van der Waals surface area contributed by atoms with Crippen molar-refractivity contribution in [3.05, 3.63) is 32.1 Å². The summed E-state index contributed by atoms with van der Waals surface area (Å²) in [5, 5.41) is 0.0254. The summed E-state index contributed by atoms with van der Waals surface area (Å²) in [4.78, 5) is 39.8. The largest absolute Gasteiger partial charge is 0.444 e. The minimum atomic E-state index is -0.543. The average molecular weight is 330 g/mol. The Balaban J connectivity index is 2.06. The summed E-state index contributed by atoms with van der Waals surface area (Å²) in [6.45, 7) is 6.31. The molecule has 1 N–H and O–H groups in total. The van der Waals surface area contributed by atoms with E-state index in [0.717, 1.165) is 4.57 Å². The lowest BCUT2D eigenvalue weighted by Gasteiger charge is -2.33. The summed E-state index contributed by atoms with van der Waals surface area (Å²) < 4.78 is 6.48. The van der Waals surface area contributed by atoms with Crippen LogP contribution < -0.4 is 11.2 Å². The number of aromatic nitrogens is 2. The second-order valence-electron chi connectivity index (χ2n) is 6.33. The van der Waals surface area contributed by atoms with Crippen molar-refractivity contribution in [2.75, 3.05) is 13.1 Å². The predicted octanol–water partition coefficient (Wildman–Crippen LogP) is 1.76. The summed E-state index contributed by atoms with van der Waals surface area (Å²) in [7, 11) is 0. The average Bonchev–Trinajstić information content (AvgIpc) is 2.36. The number of rotatable bonds is 1. The van der Waals surface area contributed by atoms with Gasteiger partial charge >= 0.3 is 11.8 Å². The van der Waals surface area contributed by atoms with Crippen LogP contribution in [0, 0.1) is 0 Å². The van der Waals surface area contributed by atoms with Crippen molar-refractivity contribution in [2.45, 2.75) is 45.3 Å². The molecular formula is C14H20ClN3O4. The first-order valence-corrected chi connectivity index (χ1v) is 7.54. The Bertz CT molecular complexity index is 635. The molecule has 1 aromatic rings. The van der Waals surface area contributed by atoms with E-state index < -0.39 is 16.9 Å². The highest BCUT2D eigenvalue weighted by molar-refractivity contribution is 6.29. The van der Waals surface area contributed by atoms with Crippen molar-refractivity contribution in [1.82, 2.24) is 14.5 Å². The van der Waals surface area contributed by atoms with Crippen LogP contribution in [0.4, 0.5) is 4.79 Å². The molecule has 1 aliphatic heterocycles. The Morgan fingerprint density at radius 1 is 1.32 bits per heavy atom. The van der Waals surface area contributed by atoms with E-state index >= 15 is 0 Å². The number of aromatic amines is 1. The molecule has 0 unspecified atom stereocenters. The molecule has 8 heteroatoms. The molecule has 1 fully saturated rings. The second kappa shape index (κ2) is 6.16. The van der Waals surface area contributed by atoms with Gasteiger partial charge in [-0.05, 0) is 33.6 Å². The molecule has 7 nitrogen and oxygen atoms in total. The SMILES string of the molecule is CC(C)(C)OC(=O)N1CCC(n2c(=O)cc(Cl)[nH]c2=O)CC1. The summed E-state index contributed by atoms with van der Waals surface area (Å²) in [6.07, 6.45) is 0.664. The van der Waals surface area contributed by atoms with Crippen molar-refractivity contribution >= 4 is 17.7 Å². The highest BCUT2D eigenvalue weighted by Crippen LogP contribution is 2.21. The number of amides is 1. The van der Waals surface area contributed by atoms with E-state index in [2.05, 4.69) is 4.98 Å². The minimum absolute atomic E-state index is 0.0254. The van der Waals surface area contributed by atoms with Crippen LogP contribution in [0.2, 0.25) is 5.15 Å². The smallest absolute Gasteiger partial charge is 0.410 e. The summed E-state index contributed by atoms with van der Waals surface area (Å²) >= 11 is 5.65. The fourth-order valence-corrected chi connectivity index (χ4v) is 2.63. The first kappa shape index (κ1) is 16.6. The van der Waals surface area contributed by atoms with E-state index in [0.29, 0.717) is 25.9 Å². The molecule has 1 amide bonds. The van der Waals surface area contributed by atoms with E-state index in [1.165, 1.54) is 6.07 Å². The highest BCUT2D eigenvalue weighted by atomic mass is 35.5. The lowest BCUT2D eigenvalue weighted by atomic mass is 10.1. The maximum atomic E-state index is 12.0. The maximum Gasteiger partial charge on any atom is 0.410 e. The van der Waals surface area contributed by atoms with Gasteiger partial charge in [-0.15, -0.1) is 0 Å². The summed E-state index contributed by atoms with van der Waals surface area (Å²) in [5.41, 5.74) is -1.49. The van der Waals surface area contributed by atoms with Crippen molar-refractivity contribution in [3.8, 4) is 0 Å². The molecule has 122 valence electrons. The monoisotopic (exact) mass is 329 g/mol. The van der Waals surface area contributed by atoms with E-state index in [9.17, 15) is 14.4 Å². The highest BCUT2D eigenvalue weighted by Gasteiger charge is 2.28. The summed E-state index contributed by atoms with van der Waals surface area (Å²) in [6, 6.07) is 0.940. The topological polar surface area (TPSA) is 84.4 Å². The zero-order chi connectivity index (χ0) is 16.5. The van der Waals surface area contributed by atoms with Crippen LogP contribution in [0.3, 0.4) is 0 Å². The van der Waals surface area contributed by atoms with E-state index in [1.54, 1.807) is 4.90 Å². The van der Waals surface area contributed by atoms with Crippen molar-refractivity contribution in [2.24, 2.45) is 0 Å². The fraction of sp³-hybridized carbons (Fsp3) is 0.643. The number of H-pyrrole nitrogens is 1. The van der Waals surface area contributed by atoms with Crippen LogP contribution in [-0.2, 0) is 4.74 Å². The molecule has 2 rings (SSSR count). The van der Waals surface area contributed by atoms with Gasteiger partial charge in [0.15, 0.2) is 0 Å². The van der Waals surface area contributed by atoms with Gasteiger partial charge in [0.25, 0.3) is 5.56 Å². The fourth-order valence-electron chi connectivity index (χ4n) is 2.46. The van der Waals surface area contributed by atoms with Gasteiger partial charge in [0, 0.05) is 25.2 Å². The number of piperidine rings is 1. The van der Waals surface area contributed by atoms with Crippen LogP contribution in [0.5, 0.6) is 0 Å². The molecular weight excluding hydrogens is 310 g/mol. The minimum Gasteiger partial charge on any atom is -0.444 e. The molecule has 0 radical (unpaired) electrons. The number of hydrogen-bond donors (Lipinski definition) is 1. The van der Waals surface area contributed by atoms with Gasteiger partial charge in [-0.2, -0.15) is 0 Å². The van der Waals surface area contributed by atoms with E-state index in [-0.39, 0.29) is 17.3 Å². The molecule has 0 bridgehead atoms. The van der Waals surface area contributed by atoms with Crippen LogP contribution >= 0.6 is 11.6 Å². The first-order chi connectivity index (χ1) is 10.2. The third-order valence-corrected chi connectivity index (χ3v) is 3.62. The number of halogens is 1. The number of ether oxygens (including phenoxy) is 1. The van der Waals surface area contributed by atoms with E-state index in [4.69, 9.17) is 16.3 Å². The standard InChI is InChI=1S/C14H20ClN3O4/c1-14(2,3)22-13(21)17-6-4-9(5-7-17)18-11(19)8-10(15)16-12(18)20/h8-9H,4-7H2,1-3H3,(H,16,20). The van der Waals surface area contributed by atoms with Crippen LogP contribution in [0.15, 0.2) is 15.7 Å². The molecule has 0 saturated carbocycles. The van der Waals surface area contributed by atoms with Crippen molar-refractivity contribution < 1.29 is 9.53 Å². The van der Waals surface area contributed by atoms with Gasteiger partial charge in [0.05, 0.1) is 0 Å². The van der Waals surface area contributed by atoms with Gasteiger partial charge in [-0.25, -0.2) is 9.59 Å². The number of carbonyl (C=O) groups is 1. The second-order valence-corrected chi connectivity index (χ2v) is 6.74. The van der Waals surface area contributed by atoms with Gasteiger partial charge in [0.1, 0.15) is 10.8 Å². The van der Waals surface area contributed by atoms with Gasteiger partial charge in [-0.3, -0.25) is 14.3 Å². The number of nitrogens with zero attached hydrogens (tertiary/aromatic N) is 2. The Morgan fingerprint density at radius 3 is 2.41 bits per heavy atom. The molecule has 1 saturated heterocycles. The van der Waals surface area contributed by atoms with Crippen LogP contribution in [0.1, 0.15) is 39.7 Å².